The van der Waals surface area contributed by atoms with E-state index in [4.69, 9.17) is 0 Å². The highest BCUT2D eigenvalue weighted by molar-refractivity contribution is 7.92. The number of nitrogens with zero attached hydrogens (tertiary/aromatic N) is 3. The van der Waals surface area contributed by atoms with Crippen molar-refractivity contribution in [3.8, 4) is 5.69 Å². The lowest BCUT2D eigenvalue weighted by Gasteiger charge is -2.25. The summed E-state index contributed by atoms with van der Waals surface area (Å²) in [5.41, 5.74) is 1.97. The summed E-state index contributed by atoms with van der Waals surface area (Å²) in [6.07, 6.45) is 0. The van der Waals surface area contributed by atoms with Gasteiger partial charge in [-0.1, -0.05) is 54.6 Å². The fraction of sp³-hybridized carbons (Fsp3) is 0.154. The topological polar surface area (TPSA) is 93.4 Å². The molecule has 9 heteroatoms. The fourth-order valence-electron chi connectivity index (χ4n) is 3.88. The summed E-state index contributed by atoms with van der Waals surface area (Å²) in [5.74, 6) is -0.626. The van der Waals surface area contributed by atoms with Crippen LogP contribution in [0.1, 0.15) is 11.3 Å². The van der Waals surface area contributed by atoms with E-state index in [0.29, 0.717) is 22.6 Å². The zero-order valence-electron chi connectivity index (χ0n) is 19.7. The maximum atomic E-state index is 13.5. The predicted molar refractivity (Wildman–Crippen MR) is 137 cm³/mol. The Morgan fingerprint density at radius 3 is 2.09 bits per heavy atom. The summed E-state index contributed by atoms with van der Waals surface area (Å²) < 4.78 is 31.2. The summed E-state index contributed by atoms with van der Waals surface area (Å²) in [7, 11) is -2.33. The van der Waals surface area contributed by atoms with Crippen molar-refractivity contribution < 1.29 is 13.2 Å². The van der Waals surface area contributed by atoms with Gasteiger partial charge in [0.2, 0.25) is 5.91 Å². The number of sulfonamides is 1. The number of hydrogen-bond donors (Lipinski definition) is 1. The van der Waals surface area contributed by atoms with Gasteiger partial charge in [0, 0.05) is 7.05 Å². The summed E-state index contributed by atoms with van der Waals surface area (Å²) >= 11 is 0. The van der Waals surface area contributed by atoms with Crippen LogP contribution in [0.15, 0.2) is 94.6 Å². The first kappa shape index (κ1) is 24.0. The number of amides is 1. The first-order chi connectivity index (χ1) is 16.7. The monoisotopic (exact) mass is 490 g/mol. The van der Waals surface area contributed by atoms with Gasteiger partial charge in [0.15, 0.2) is 0 Å². The molecule has 1 amide bonds. The third-order valence-electron chi connectivity index (χ3n) is 5.82. The van der Waals surface area contributed by atoms with Gasteiger partial charge < -0.3 is 5.32 Å². The molecule has 0 radical (unpaired) electrons. The highest BCUT2D eigenvalue weighted by atomic mass is 32.2. The molecule has 180 valence electrons. The van der Waals surface area contributed by atoms with Gasteiger partial charge in [-0.25, -0.2) is 13.1 Å². The van der Waals surface area contributed by atoms with Crippen LogP contribution in [0, 0.1) is 13.8 Å². The van der Waals surface area contributed by atoms with Gasteiger partial charge in [-0.05, 0) is 49.7 Å². The number of hydrogen-bond acceptors (Lipinski definition) is 4. The number of aromatic nitrogens is 2. The number of nitrogens with one attached hydrogen (secondary N) is 1. The van der Waals surface area contributed by atoms with Crippen LogP contribution in [0.4, 0.5) is 11.4 Å². The molecule has 0 aliphatic heterocycles. The van der Waals surface area contributed by atoms with Crippen LogP contribution >= 0.6 is 0 Å². The Balaban J connectivity index is 1.70. The molecule has 0 saturated heterocycles. The zero-order valence-corrected chi connectivity index (χ0v) is 20.5. The van der Waals surface area contributed by atoms with Gasteiger partial charge in [-0.2, -0.15) is 0 Å². The van der Waals surface area contributed by atoms with Gasteiger partial charge in [0.25, 0.3) is 15.6 Å². The van der Waals surface area contributed by atoms with Crippen LogP contribution in [0.5, 0.6) is 0 Å². The van der Waals surface area contributed by atoms with Crippen LogP contribution in [-0.4, -0.2) is 30.2 Å². The minimum atomic E-state index is -4.05. The van der Waals surface area contributed by atoms with Crippen LogP contribution in [-0.2, 0) is 21.9 Å². The van der Waals surface area contributed by atoms with Crippen molar-refractivity contribution in [2.45, 2.75) is 18.7 Å². The summed E-state index contributed by atoms with van der Waals surface area (Å²) in [4.78, 5) is 26.4. The minimum Gasteiger partial charge on any atom is -0.318 e. The molecular weight excluding hydrogens is 464 g/mol. The maximum Gasteiger partial charge on any atom is 0.295 e. The molecule has 0 fully saturated rings. The Kier molecular flexibility index (Phi) is 6.61. The summed E-state index contributed by atoms with van der Waals surface area (Å²) in [6.45, 7) is 3.00. The molecule has 0 saturated carbocycles. The maximum absolute atomic E-state index is 13.5. The van der Waals surface area contributed by atoms with Crippen molar-refractivity contribution in [1.29, 1.82) is 0 Å². The quantitative estimate of drug-likeness (QED) is 0.428. The van der Waals surface area contributed by atoms with E-state index in [1.165, 1.54) is 16.8 Å². The van der Waals surface area contributed by atoms with Gasteiger partial charge >= 0.3 is 0 Å². The molecule has 0 spiro atoms. The van der Waals surface area contributed by atoms with E-state index in [0.717, 1.165) is 4.31 Å². The Hall–Kier alpha value is -4.11. The summed E-state index contributed by atoms with van der Waals surface area (Å²) in [6, 6.07) is 24.0. The van der Waals surface area contributed by atoms with E-state index < -0.39 is 28.0 Å². The number of benzene rings is 3. The third-order valence-corrected chi connectivity index (χ3v) is 7.60. The second-order valence-corrected chi connectivity index (χ2v) is 9.96. The van der Waals surface area contributed by atoms with Crippen molar-refractivity contribution in [2.24, 2.45) is 7.05 Å². The Labute approximate surface area is 204 Å². The molecular formula is C26H26N4O4S. The van der Waals surface area contributed by atoms with E-state index in [1.807, 2.05) is 18.2 Å². The van der Waals surface area contributed by atoms with Gasteiger partial charge in [0.05, 0.1) is 22.0 Å². The van der Waals surface area contributed by atoms with Gasteiger partial charge in [-0.15, -0.1) is 0 Å². The molecule has 0 unspecified atom stereocenters. The predicted octanol–water partition coefficient (Wildman–Crippen LogP) is 3.63. The average molecular weight is 491 g/mol. The van der Waals surface area contributed by atoms with Gasteiger partial charge in [-0.3, -0.25) is 18.6 Å². The second kappa shape index (κ2) is 9.63. The number of carbonyl (C=O) groups excluding carboxylic acids is 1. The van der Waals surface area contributed by atoms with Crippen LogP contribution in [0.2, 0.25) is 0 Å². The Morgan fingerprint density at radius 2 is 1.46 bits per heavy atom. The van der Waals surface area contributed by atoms with Crippen molar-refractivity contribution in [3.05, 3.63) is 107 Å². The number of aryl methyl sites for hydroxylation is 1. The van der Waals surface area contributed by atoms with E-state index >= 15 is 0 Å². The first-order valence-corrected chi connectivity index (χ1v) is 12.4. The van der Waals surface area contributed by atoms with Crippen molar-refractivity contribution in [3.63, 3.8) is 0 Å². The largest absolute Gasteiger partial charge is 0.318 e. The number of rotatable bonds is 7. The van der Waals surface area contributed by atoms with Gasteiger partial charge in [0.1, 0.15) is 12.2 Å². The molecule has 0 atom stereocenters. The normalized spacial score (nSPS) is 11.3. The third kappa shape index (κ3) is 4.63. The molecule has 1 N–H and O–H groups in total. The highest BCUT2D eigenvalue weighted by Gasteiger charge is 2.29. The Morgan fingerprint density at radius 1 is 0.886 bits per heavy atom. The lowest BCUT2D eigenvalue weighted by Crippen LogP contribution is -2.39. The molecule has 0 aliphatic rings. The van der Waals surface area contributed by atoms with E-state index in [2.05, 4.69) is 5.32 Å². The number of carbonyl (C=O) groups is 1. The molecule has 4 aromatic rings. The molecule has 0 aliphatic carbocycles. The van der Waals surface area contributed by atoms with Crippen molar-refractivity contribution >= 4 is 27.3 Å². The van der Waals surface area contributed by atoms with E-state index in [-0.39, 0.29) is 10.6 Å². The molecule has 35 heavy (non-hydrogen) atoms. The molecule has 4 rings (SSSR count). The minimum absolute atomic E-state index is 0.0679. The molecule has 1 heterocycles. The second-order valence-electron chi connectivity index (χ2n) is 8.10. The first-order valence-electron chi connectivity index (χ1n) is 11.0. The van der Waals surface area contributed by atoms with Crippen molar-refractivity contribution in [1.82, 2.24) is 9.36 Å². The smallest absolute Gasteiger partial charge is 0.295 e. The fourth-order valence-corrected chi connectivity index (χ4v) is 5.39. The van der Waals surface area contributed by atoms with E-state index in [9.17, 15) is 18.0 Å². The highest BCUT2D eigenvalue weighted by Crippen LogP contribution is 2.26. The van der Waals surface area contributed by atoms with Crippen molar-refractivity contribution in [2.75, 3.05) is 16.2 Å². The Bertz CT molecular complexity index is 1520. The molecule has 3 aromatic carbocycles. The summed E-state index contributed by atoms with van der Waals surface area (Å²) in [5, 5.41) is 2.65. The lowest BCUT2D eigenvalue weighted by atomic mass is 10.2. The molecule has 8 nitrogen and oxygen atoms in total. The number of anilines is 2. The van der Waals surface area contributed by atoms with Crippen LogP contribution < -0.4 is 15.2 Å². The number of para-hydroxylation sites is 2. The van der Waals surface area contributed by atoms with E-state index in [1.54, 1.807) is 80.2 Å². The van der Waals surface area contributed by atoms with Crippen LogP contribution in [0.3, 0.4) is 0 Å². The zero-order chi connectivity index (χ0) is 25.2. The lowest BCUT2D eigenvalue weighted by molar-refractivity contribution is -0.114. The standard InChI is InChI=1S/C26H26N4O4S/c1-19-12-10-11-17-23(19)29(35(33,34)22-15-8-5-9-16-22)18-24(31)27-25-20(2)28(3)30(26(25)32)21-13-6-4-7-14-21/h4-17H,18H2,1-3H3,(H,27,31). The molecule has 0 bridgehead atoms. The average Bonchev–Trinajstić information content (AvgIpc) is 3.07. The van der Waals surface area contributed by atoms with Crippen LogP contribution in [0.25, 0.3) is 5.69 Å². The molecule has 1 aromatic heterocycles. The SMILES string of the molecule is Cc1ccccc1N(CC(=O)Nc1c(C)n(C)n(-c2ccccc2)c1=O)S(=O)(=O)c1ccccc1.